The number of piperidine rings is 1. The number of hydrogen-bond acceptors (Lipinski definition) is 6. The maximum absolute atomic E-state index is 13.6. The van der Waals surface area contributed by atoms with E-state index in [4.69, 9.17) is 9.47 Å². The van der Waals surface area contributed by atoms with Crippen LogP contribution in [0.5, 0.6) is 0 Å². The molecule has 188 valence electrons. The van der Waals surface area contributed by atoms with Gasteiger partial charge in [0, 0.05) is 59.5 Å². The number of para-hydroxylation sites is 2. The van der Waals surface area contributed by atoms with Gasteiger partial charge in [-0.3, -0.25) is 9.59 Å². The molecule has 4 rings (SSSR count). The van der Waals surface area contributed by atoms with Crippen LogP contribution in [-0.4, -0.2) is 97.4 Å². The predicted octanol–water partition coefficient (Wildman–Crippen LogP) is 2.01. The number of unbranched alkanes of at least 4 members (excludes halogenated alkanes) is 1. The van der Waals surface area contributed by atoms with Gasteiger partial charge < -0.3 is 29.2 Å². The van der Waals surface area contributed by atoms with E-state index in [2.05, 4.69) is 10.3 Å². The minimum atomic E-state index is -0.134. The number of morpholine rings is 1. The summed E-state index contributed by atoms with van der Waals surface area (Å²) < 4.78 is 12.6. The number of benzene rings is 1. The van der Waals surface area contributed by atoms with Gasteiger partial charge in [-0.15, -0.1) is 0 Å². The molecule has 0 aliphatic carbocycles. The fourth-order valence-electron chi connectivity index (χ4n) is 4.75. The van der Waals surface area contributed by atoms with Gasteiger partial charge >= 0.3 is 0 Å². The molecule has 2 saturated heterocycles. The molecule has 1 aromatic carbocycles. The maximum atomic E-state index is 13.6. The Morgan fingerprint density at radius 3 is 2.74 bits per heavy atom. The molecule has 2 fully saturated rings. The first kappa shape index (κ1) is 26.1. The fraction of sp³-hybridized carbons (Fsp3) is 0.640. The number of amides is 2. The number of aryl methyl sites for hydroxylation is 1. The van der Waals surface area contributed by atoms with Crippen LogP contribution in [0, 0.1) is 5.92 Å². The predicted molar refractivity (Wildman–Crippen MR) is 132 cm³/mol. The Morgan fingerprint density at radius 2 is 1.97 bits per heavy atom. The highest BCUT2D eigenvalue weighted by molar-refractivity contribution is 5.95. The van der Waals surface area contributed by atoms with E-state index in [1.165, 1.54) is 0 Å². The number of carbonyl (C=O) groups is 2. The summed E-state index contributed by atoms with van der Waals surface area (Å²) in [5.74, 6) is 0.369. The van der Waals surface area contributed by atoms with Crippen molar-refractivity contribution in [3.8, 4) is 0 Å². The monoisotopic (exact) mass is 473 g/mol. The lowest BCUT2D eigenvalue weighted by Gasteiger charge is -2.38. The van der Waals surface area contributed by atoms with Crippen molar-refractivity contribution in [2.75, 3.05) is 60.2 Å². The number of carbonyl (C=O) groups excluding carboxylic acids is 2. The van der Waals surface area contributed by atoms with Crippen LogP contribution < -0.4 is 5.32 Å². The van der Waals surface area contributed by atoms with Crippen molar-refractivity contribution in [1.82, 2.24) is 24.7 Å². The van der Waals surface area contributed by atoms with Crippen molar-refractivity contribution in [1.29, 1.82) is 0 Å². The quantitative estimate of drug-likeness (QED) is 0.590. The molecule has 9 nitrogen and oxygen atoms in total. The summed E-state index contributed by atoms with van der Waals surface area (Å²) in [5.41, 5.74) is 1.79. The van der Waals surface area contributed by atoms with E-state index in [0.29, 0.717) is 64.8 Å². The Balaban J connectivity index is 0.00000324. The van der Waals surface area contributed by atoms with Crippen LogP contribution in [0.3, 0.4) is 0 Å². The number of likely N-dealkylation sites (N-methyl/N-ethyl adjacent to an activating group) is 1. The zero-order valence-electron chi connectivity index (χ0n) is 19.7. The van der Waals surface area contributed by atoms with Crippen molar-refractivity contribution in [3.63, 3.8) is 0 Å². The first-order valence-corrected chi connectivity index (χ1v) is 11.9. The van der Waals surface area contributed by atoms with Crippen molar-refractivity contribution in [3.05, 3.63) is 30.1 Å². The number of ether oxygens (including phenoxy) is 2. The first-order chi connectivity index (χ1) is 16.1. The summed E-state index contributed by atoms with van der Waals surface area (Å²) in [4.78, 5) is 34.9. The van der Waals surface area contributed by atoms with Crippen molar-refractivity contribution in [2.45, 2.75) is 39.3 Å². The van der Waals surface area contributed by atoms with Crippen LogP contribution in [0.15, 0.2) is 24.3 Å². The van der Waals surface area contributed by atoms with Gasteiger partial charge in [0.15, 0.2) is 5.82 Å². The molecule has 0 unspecified atom stereocenters. The van der Waals surface area contributed by atoms with E-state index in [9.17, 15) is 9.59 Å². The third-order valence-electron chi connectivity index (χ3n) is 6.69. The van der Waals surface area contributed by atoms with Crippen LogP contribution in [0.4, 0.5) is 0 Å². The summed E-state index contributed by atoms with van der Waals surface area (Å²) in [7, 11) is 3.52. The van der Waals surface area contributed by atoms with Crippen LogP contribution in [-0.2, 0) is 20.8 Å². The van der Waals surface area contributed by atoms with Gasteiger partial charge in [0.1, 0.15) is 0 Å². The largest absolute Gasteiger partial charge is 0.385 e. The van der Waals surface area contributed by atoms with Gasteiger partial charge in [0.2, 0.25) is 5.91 Å². The molecule has 34 heavy (non-hydrogen) atoms. The second kappa shape index (κ2) is 12.3. The maximum Gasteiger partial charge on any atom is 0.289 e. The molecule has 2 aromatic rings. The number of aromatic nitrogens is 2. The second-order valence-electron chi connectivity index (χ2n) is 8.87. The van der Waals surface area contributed by atoms with Crippen LogP contribution in [0.1, 0.15) is 37.3 Å². The molecule has 0 saturated carbocycles. The van der Waals surface area contributed by atoms with Crippen LogP contribution in [0.25, 0.3) is 11.0 Å². The van der Waals surface area contributed by atoms with Crippen molar-refractivity contribution in [2.24, 2.45) is 5.92 Å². The number of methoxy groups -OCH3 is 1. The Hall–Kier alpha value is -2.49. The lowest BCUT2D eigenvalue weighted by Crippen LogP contribution is -2.54. The molecule has 2 atom stereocenters. The molecule has 2 amide bonds. The van der Waals surface area contributed by atoms with Gasteiger partial charge in [0.25, 0.3) is 5.91 Å². The number of rotatable bonds is 8. The summed E-state index contributed by atoms with van der Waals surface area (Å²) in [6.07, 6.45) is 2.48. The average Bonchev–Trinajstić information content (AvgIpc) is 3.24. The number of nitrogens with one attached hydrogen (secondary N) is 1. The molecule has 0 radical (unpaired) electrons. The third-order valence-corrected chi connectivity index (χ3v) is 6.69. The highest BCUT2D eigenvalue weighted by atomic mass is 16.5. The first-order valence-electron chi connectivity index (χ1n) is 11.9. The smallest absolute Gasteiger partial charge is 0.289 e. The molecule has 2 aliphatic rings. The molecule has 9 heteroatoms. The molecule has 0 bridgehead atoms. The second-order valence-corrected chi connectivity index (χ2v) is 8.87. The Morgan fingerprint density at radius 1 is 1.21 bits per heavy atom. The summed E-state index contributed by atoms with van der Waals surface area (Å²) in [5, 5.41) is 3.37. The highest BCUT2D eigenvalue weighted by Gasteiger charge is 2.35. The lowest BCUT2D eigenvalue weighted by molar-refractivity contribution is -0.140. The number of fused-ring (bicyclic) bond motifs is 1. The van der Waals surface area contributed by atoms with Crippen molar-refractivity contribution < 1.29 is 19.1 Å². The topological polar surface area (TPSA) is 88.9 Å². The Kier molecular flexibility index (Phi) is 9.44. The van der Waals surface area contributed by atoms with Gasteiger partial charge in [-0.1, -0.05) is 19.6 Å². The fourth-order valence-corrected chi connectivity index (χ4v) is 4.75. The van der Waals surface area contributed by atoms with E-state index in [-0.39, 0.29) is 31.2 Å². The van der Waals surface area contributed by atoms with Gasteiger partial charge in [-0.2, -0.15) is 0 Å². The van der Waals surface area contributed by atoms with Crippen LogP contribution >= 0.6 is 0 Å². The van der Waals surface area contributed by atoms with Crippen LogP contribution in [0.2, 0.25) is 0 Å². The number of nitrogens with zero attached hydrogens (tertiary/aromatic N) is 4. The molecule has 1 N–H and O–H groups in total. The SMILES string of the molecule is C.COCCCCn1c(C(=O)N(C)[C@@H]2CNC[C@H](C(=O)N3CCOCC3)C2)nc2ccccc21. The molecule has 1 aromatic heterocycles. The lowest BCUT2D eigenvalue weighted by atomic mass is 9.93. The van der Waals surface area contributed by atoms with Gasteiger partial charge in [0.05, 0.1) is 30.2 Å². The molecular formula is C25H39N5O4. The minimum absolute atomic E-state index is 0. The molecule has 2 aliphatic heterocycles. The van der Waals surface area contributed by atoms with Gasteiger partial charge in [-0.05, 0) is 31.4 Å². The zero-order chi connectivity index (χ0) is 23.2. The summed E-state index contributed by atoms with van der Waals surface area (Å²) in [6.45, 7) is 5.18. The van der Waals surface area contributed by atoms with E-state index < -0.39 is 0 Å². The Labute approximate surface area is 202 Å². The normalized spacial score (nSPS) is 20.7. The summed E-state index contributed by atoms with van der Waals surface area (Å²) in [6, 6.07) is 7.80. The third kappa shape index (κ3) is 5.76. The highest BCUT2D eigenvalue weighted by Crippen LogP contribution is 2.22. The molecule has 3 heterocycles. The molecule has 0 spiro atoms. The summed E-state index contributed by atoms with van der Waals surface area (Å²) >= 11 is 0. The molecular weight excluding hydrogens is 434 g/mol. The van der Waals surface area contributed by atoms with E-state index in [0.717, 1.165) is 23.9 Å². The number of hydrogen-bond donors (Lipinski definition) is 1. The average molecular weight is 474 g/mol. The van der Waals surface area contributed by atoms with E-state index in [1.807, 2.05) is 40.8 Å². The Bertz CT molecular complexity index is 956. The zero-order valence-corrected chi connectivity index (χ0v) is 19.7. The van der Waals surface area contributed by atoms with Gasteiger partial charge in [-0.25, -0.2) is 4.98 Å². The number of imidazole rings is 1. The van der Waals surface area contributed by atoms with Crippen molar-refractivity contribution >= 4 is 22.8 Å². The van der Waals surface area contributed by atoms with E-state index in [1.54, 1.807) is 12.0 Å². The minimum Gasteiger partial charge on any atom is -0.385 e. The van der Waals surface area contributed by atoms with E-state index >= 15 is 0 Å². The standard InChI is InChI=1S/C24H35N5O4.CH4/c1-27(19-15-18(16-25-17-19)23(30)28-10-13-33-14-11-28)24(31)22-26-20-7-3-4-8-21(20)29(22)9-5-6-12-32-2;/h3-4,7-8,18-19,25H,5-6,9-17H2,1-2H3;1H4/t18-,19+;/m1./s1.